The number of carbonyl (C=O) groups is 4. The number of amides is 4. The number of ether oxygens (including phenoxy) is 1. The summed E-state index contributed by atoms with van der Waals surface area (Å²) in [5.41, 5.74) is 14.9. The molecule has 1 aliphatic rings. The quantitative estimate of drug-likeness (QED) is 0.145. The summed E-state index contributed by atoms with van der Waals surface area (Å²) in [6, 6.07) is 6.73. The maximum Gasteiger partial charge on any atom is 0.246 e. The fourth-order valence-corrected chi connectivity index (χ4v) is 7.01. The molecule has 1 aromatic heterocycles. The first-order valence-corrected chi connectivity index (χ1v) is 18.6. The number of nitrogens with one attached hydrogen (secondary N) is 2. The summed E-state index contributed by atoms with van der Waals surface area (Å²) in [6.45, 7) is 8.89. The van der Waals surface area contributed by atoms with Crippen molar-refractivity contribution >= 4 is 35.0 Å². The van der Waals surface area contributed by atoms with Crippen LogP contribution >= 0.6 is 11.3 Å². The Labute approximate surface area is 312 Å². The van der Waals surface area contributed by atoms with E-state index < -0.39 is 64.9 Å². The molecule has 0 radical (unpaired) electrons. The van der Waals surface area contributed by atoms with E-state index in [-0.39, 0.29) is 69.0 Å². The number of hydrogen-bond acceptors (Lipinski definition) is 9. The number of carbonyl (C=O) groups excluding carboxylic acids is 4. The lowest BCUT2D eigenvalue weighted by Crippen LogP contribution is -2.57. The van der Waals surface area contributed by atoms with E-state index in [9.17, 15) is 28.7 Å². The van der Waals surface area contributed by atoms with Crippen LogP contribution in [0.1, 0.15) is 82.7 Å². The van der Waals surface area contributed by atoms with Gasteiger partial charge in [0.25, 0.3) is 0 Å². The molecule has 12 nitrogen and oxygen atoms in total. The van der Waals surface area contributed by atoms with Crippen LogP contribution in [0.4, 0.5) is 8.78 Å². The number of aliphatic hydroxyl groups excluding tert-OH is 1. The molecule has 1 aliphatic heterocycles. The van der Waals surface area contributed by atoms with Gasteiger partial charge in [-0.1, -0.05) is 45.0 Å². The van der Waals surface area contributed by atoms with Gasteiger partial charge in [0.1, 0.15) is 24.5 Å². The molecular formula is C38H50F2N6O6S. The summed E-state index contributed by atoms with van der Waals surface area (Å²) in [7, 11) is 0. The Hall–Kier alpha value is -4.47. The zero-order chi connectivity index (χ0) is 39.0. The summed E-state index contributed by atoms with van der Waals surface area (Å²) in [5, 5.41) is 16.3. The van der Waals surface area contributed by atoms with Gasteiger partial charge in [-0.3, -0.25) is 19.2 Å². The number of nitrogens with two attached hydrogens (primary N) is 2. The normalized spacial score (nSPS) is 17.6. The minimum atomic E-state index is -1.04. The van der Waals surface area contributed by atoms with Crippen LogP contribution in [0.25, 0.3) is 10.4 Å². The predicted molar refractivity (Wildman–Crippen MR) is 198 cm³/mol. The number of thiazole rings is 1. The molecule has 0 bridgehead atoms. The second kappa shape index (κ2) is 18.0. The maximum atomic E-state index is 15.2. The zero-order valence-corrected chi connectivity index (χ0v) is 31.6. The molecule has 3 aromatic rings. The molecule has 0 aliphatic carbocycles. The van der Waals surface area contributed by atoms with Gasteiger partial charge >= 0.3 is 0 Å². The highest BCUT2D eigenvalue weighted by molar-refractivity contribution is 7.13. The summed E-state index contributed by atoms with van der Waals surface area (Å²) >= 11 is 1.55. The average Bonchev–Trinajstić information content (AvgIpc) is 3.71. The van der Waals surface area contributed by atoms with Crippen LogP contribution in [0.15, 0.2) is 41.9 Å². The van der Waals surface area contributed by atoms with Crippen molar-refractivity contribution in [2.75, 3.05) is 13.2 Å². The van der Waals surface area contributed by atoms with E-state index in [1.807, 2.05) is 38.1 Å². The van der Waals surface area contributed by atoms with E-state index in [2.05, 4.69) is 15.6 Å². The van der Waals surface area contributed by atoms with Crippen LogP contribution in [0.2, 0.25) is 0 Å². The first-order valence-electron chi connectivity index (χ1n) is 17.7. The molecule has 5 atom stereocenters. The van der Waals surface area contributed by atoms with Crippen molar-refractivity contribution < 1.29 is 37.8 Å². The lowest BCUT2D eigenvalue weighted by molar-refractivity contribution is -0.144. The van der Waals surface area contributed by atoms with Crippen molar-refractivity contribution in [1.82, 2.24) is 20.5 Å². The van der Waals surface area contributed by atoms with Crippen LogP contribution in [-0.4, -0.2) is 76.0 Å². The molecule has 4 amide bonds. The largest absolute Gasteiger partial charge is 0.489 e. The highest BCUT2D eigenvalue weighted by Crippen LogP contribution is 2.30. The van der Waals surface area contributed by atoms with Gasteiger partial charge in [0.05, 0.1) is 28.2 Å². The summed E-state index contributed by atoms with van der Waals surface area (Å²) in [5.74, 6) is -3.80. The van der Waals surface area contributed by atoms with E-state index >= 15 is 4.39 Å². The number of β-amino-alcohol motifs (C(OH)–C–C–N with tert-alkyl or cyclic N) is 1. The van der Waals surface area contributed by atoms with Crippen LogP contribution in [0.3, 0.4) is 0 Å². The number of rotatable bonds is 16. The summed E-state index contributed by atoms with van der Waals surface area (Å²) in [6.07, 6.45) is -0.596. The van der Waals surface area contributed by atoms with Crippen LogP contribution < -0.4 is 26.8 Å². The van der Waals surface area contributed by atoms with Gasteiger partial charge < -0.3 is 36.8 Å². The SMILES string of the molecule is Cc1ncsc1-c1ccc([C@H](C)NC(=O)C2CC(O)CN2C(=O)[C@@H](NC(=O)CCCc2cc(F)cc(OC[C@@H](N)CCC(N)=O)c2F)C(C)(C)C)cc1. The molecule has 1 fully saturated rings. The molecule has 1 saturated heterocycles. The van der Waals surface area contributed by atoms with Gasteiger partial charge in [0.2, 0.25) is 23.6 Å². The minimum Gasteiger partial charge on any atom is -0.489 e. The van der Waals surface area contributed by atoms with Crippen molar-refractivity contribution in [3.63, 3.8) is 0 Å². The van der Waals surface area contributed by atoms with E-state index in [4.69, 9.17) is 16.2 Å². The van der Waals surface area contributed by atoms with Crippen molar-refractivity contribution in [2.24, 2.45) is 16.9 Å². The topological polar surface area (TPSA) is 190 Å². The predicted octanol–water partition coefficient (Wildman–Crippen LogP) is 4.06. The molecule has 4 rings (SSSR count). The Morgan fingerprint density at radius 3 is 2.43 bits per heavy atom. The number of primary amides is 1. The average molecular weight is 757 g/mol. The van der Waals surface area contributed by atoms with Gasteiger partial charge in [-0.2, -0.15) is 0 Å². The van der Waals surface area contributed by atoms with Gasteiger partial charge in [0.15, 0.2) is 11.6 Å². The highest BCUT2D eigenvalue weighted by atomic mass is 32.1. The van der Waals surface area contributed by atoms with Crippen LogP contribution in [0, 0.1) is 24.0 Å². The molecule has 53 heavy (non-hydrogen) atoms. The third-order valence-electron chi connectivity index (χ3n) is 9.20. The standard InChI is InChI=1S/C38H50F2N6O6S/c1-21(23-9-11-24(12-10-23)34-22(2)43-20-53-34)44-36(50)29-17-28(47)18-46(29)37(51)35(38(3,4)5)45-32(49)8-6-7-25-15-26(39)16-30(33(25)40)52-19-27(41)13-14-31(42)48/h9-12,15-16,20-21,27-29,35,47H,6-8,13-14,17-19,41H2,1-5H3,(H2,42,48)(H,44,50)(H,45,49)/t21-,27-,28?,29?,35+/m0/s1. The minimum absolute atomic E-state index is 0.00158. The number of hydrogen-bond donors (Lipinski definition) is 5. The number of aromatic nitrogens is 1. The third kappa shape index (κ3) is 11.3. The van der Waals surface area contributed by atoms with E-state index in [1.54, 1.807) is 37.6 Å². The Morgan fingerprint density at radius 1 is 1.11 bits per heavy atom. The maximum absolute atomic E-state index is 15.2. The van der Waals surface area contributed by atoms with Crippen molar-refractivity contribution in [1.29, 1.82) is 0 Å². The zero-order valence-electron chi connectivity index (χ0n) is 30.8. The summed E-state index contributed by atoms with van der Waals surface area (Å²) < 4.78 is 34.9. The molecule has 2 aromatic carbocycles. The number of aryl methyl sites for hydroxylation is 2. The fourth-order valence-electron chi connectivity index (χ4n) is 6.20. The van der Waals surface area contributed by atoms with Gasteiger partial charge in [-0.25, -0.2) is 13.8 Å². The van der Waals surface area contributed by atoms with E-state index in [0.717, 1.165) is 33.8 Å². The van der Waals surface area contributed by atoms with Crippen LogP contribution in [0.5, 0.6) is 5.75 Å². The fraction of sp³-hybridized carbons (Fsp3) is 0.500. The lowest BCUT2D eigenvalue weighted by atomic mass is 9.85. The monoisotopic (exact) mass is 756 g/mol. The molecule has 2 heterocycles. The van der Waals surface area contributed by atoms with Gasteiger partial charge in [-0.15, -0.1) is 11.3 Å². The van der Waals surface area contributed by atoms with E-state index in [1.165, 1.54) is 4.90 Å². The van der Waals surface area contributed by atoms with Gasteiger partial charge in [-0.05, 0) is 61.3 Å². The number of likely N-dealkylation sites (tertiary alicyclic amines) is 1. The number of halogens is 2. The number of aliphatic hydroxyl groups is 1. The number of benzene rings is 2. The number of nitrogens with zero attached hydrogens (tertiary/aromatic N) is 2. The van der Waals surface area contributed by atoms with Crippen molar-refractivity contribution in [3.05, 3.63) is 70.4 Å². The highest BCUT2D eigenvalue weighted by Gasteiger charge is 2.44. The summed E-state index contributed by atoms with van der Waals surface area (Å²) in [4.78, 5) is 58.4. The van der Waals surface area contributed by atoms with Gasteiger partial charge in [0, 0.05) is 37.9 Å². The Bertz CT molecular complexity index is 1760. The second-order valence-electron chi connectivity index (χ2n) is 14.7. The first kappa shape index (κ1) is 41.3. The Balaban J connectivity index is 1.35. The van der Waals surface area contributed by atoms with Crippen molar-refractivity contribution in [3.8, 4) is 16.2 Å². The van der Waals surface area contributed by atoms with Crippen LogP contribution in [-0.2, 0) is 25.6 Å². The molecule has 2 unspecified atom stereocenters. The molecule has 0 spiro atoms. The van der Waals surface area contributed by atoms with Crippen molar-refractivity contribution in [2.45, 2.75) is 103 Å². The Morgan fingerprint density at radius 2 is 1.81 bits per heavy atom. The Kier molecular flexibility index (Phi) is 14.1. The lowest BCUT2D eigenvalue weighted by Gasteiger charge is -2.35. The molecule has 0 saturated carbocycles. The molecular weight excluding hydrogens is 707 g/mol. The van der Waals surface area contributed by atoms with E-state index in [0.29, 0.717) is 0 Å². The smallest absolute Gasteiger partial charge is 0.246 e. The molecule has 15 heteroatoms. The first-order chi connectivity index (χ1) is 24.9. The third-order valence-corrected chi connectivity index (χ3v) is 10.2. The molecule has 7 N–H and O–H groups in total. The second-order valence-corrected chi connectivity index (χ2v) is 15.5. The molecule has 288 valence electrons.